The summed E-state index contributed by atoms with van der Waals surface area (Å²) in [5, 5.41) is 11.9. The third-order valence-electron chi connectivity index (χ3n) is 2.90. The van der Waals surface area contributed by atoms with E-state index in [1.54, 1.807) is 25.1 Å². The van der Waals surface area contributed by atoms with Gasteiger partial charge >= 0.3 is 5.97 Å². The number of carboxylic acids is 1. The van der Waals surface area contributed by atoms with Gasteiger partial charge in [0.2, 0.25) is 0 Å². The lowest BCUT2D eigenvalue weighted by Gasteiger charge is -2.24. The molecule has 0 spiro atoms. The first-order chi connectivity index (χ1) is 8.53. The summed E-state index contributed by atoms with van der Waals surface area (Å²) in [6.45, 7) is 1.79. The van der Waals surface area contributed by atoms with Crippen LogP contribution in [0.4, 0.5) is 0 Å². The summed E-state index contributed by atoms with van der Waals surface area (Å²) in [6, 6.07) is 5.10. The van der Waals surface area contributed by atoms with Crippen molar-refractivity contribution in [1.82, 2.24) is 10.3 Å². The molecular formula is C12H14N2O3S. The molecule has 0 aromatic carbocycles. The number of carboxylic acid groups (broad SMARTS) is 1. The van der Waals surface area contributed by atoms with E-state index < -0.39 is 17.4 Å². The zero-order valence-corrected chi connectivity index (χ0v) is 10.8. The van der Waals surface area contributed by atoms with Crippen molar-refractivity contribution in [2.45, 2.75) is 18.9 Å². The normalized spacial score (nSPS) is 22.7. The van der Waals surface area contributed by atoms with Gasteiger partial charge in [-0.1, -0.05) is 6.07 Å². The zero-order chi connectivity index (χ0) is 13.2. The van der Waals surface area contributed by atoms with Crippen molar-refractivity contribution in [3.05, 3.63) is 29.6 Å². The molecule has 2 rings (SSSR count). The number of thioether (sulfide) groups is 1. The number of amides is 1. The van der Waals surface area contributed by atoms with Crippen LogP contribution in [0, 0.1) is 6.92 Å². The molecule has 1 amide bonds. The van der Waals surface area contributed by atoms with E-state index in [9.17, 15) is 14.7 Å². The summed E-state index contributed by atoms with van der Waals surface area (Å²) in [5.74, 6) is -0.259. The standard InChI is InChI=1S/C12H14N2O3S/c1-8-3-2-4-9(13-8)10(15)14-12(11(16)17)5-6-18-7-12/h2-4H,5-7H2,1H3,(H,14,15)(H,16,17)/t12-/m0/s1. The number of aliphatic carboxylic acids is 1. The Bertz CT molecular complexity index is 484. The molecule has 2 heterocycles. The Morgan fingerprint density at radius 3 is 2.83 bits per heavy atom. The first-order valence-corrected chi connectivity index (χ1v) is 6.76. The van der Waals surface area contributed by atoms with Crippen molar-refractivity contribution in [3.8, 4) is 0 Å². The largest absolute Gasteiger partial charge is 0.479 e. The average Bonchev–Trinajstić information content (AvgIpc) is 2.79. The molecule has 0 bridgehead atoms. The first-order valence-electron chi connectivity index (χ1n) is 5.61. The Labute approximate surface area is 109 Å². The number of rotatable bonds is 3. The van der Waals surface area contributed by atoms with Crippen LogP contribution in [0.15, 0.2) is 18.2 Å². The van der Waals surface area contributed by atoms with Gasteiger partial charge in [0.05, 0.1) is 0 Å². The smallest absolute Gasteiger partial charge is 0.330 e. The van der Waals surface area contributed by atoms with Crippen molar-refractivity contribution in [1.29, 1.82) is 0 Å². The Morgan fingerprint density at radius 1 is 1.50 bits per heavy atom. The van der Waals surface area contributed by atoms with Crippen molar-refractivity contribution in [2.24, 2.45) is 0 Å². The van der Waals surface area contributed by atoms with E-state index in [1.807, 2.05) is 0 Å². The molecule has 0 aliphatic carbocycles. The number of hydrogen-bond acceptors (Lipinski definition) is 4. The molecule has 0 unspecified atom stereocenters. The molecule has 1 atom stereocenters. The van der Waals surface area contributed by atoms with E-state index in [4.69, 9.17) is 0 Å². The zero-order valence-electron chi connectivity index (χ0n) is 9.97. The highest BCUT2D eigenvalue weighted by Gasteiger charge is 2.43. The minimum atomic E-state index is -1.15. The summed E-state index contributed by atoms with van der Waals surface area (Å²) >= 11 is 1.53. The van der Waals surface area contributed by atoms with Gasteiger partial charge in [0, 0.05) is 11.4 Å². The molecule has 18 heavy (non-hydrogen) atoms. The van der Waals surface area contributed by atoms with Crippen LogP contribution in [0.25, 0.3) is 0 Å². The second-order valence-corrected chi connectivity index (χ2v) is 5.41. The number of carbonyl (C=O) groups is 2. The predicted molar refractivity (Wildman–Crippen MR) is 68.7 cm³/mol. The lowest BCUT2D eigenvalue weighted by atomic mass is 9.99. The van der Waals surface area contributed by atoms with Gasteiger partial charge in [-0.25, -0.2) is 9.78 Å². The molecular weight excluding hydrogens is 252 g/mol. The minimum Gasteiger partial charge on any atom is -0.479 e. The van der Waals surface area contributed by atoms with Gasteiger partial charge in [-0.3, -0.25) is 4.79 Å². The van der Waals surface area contributed by atoms with Crippen molar-refractivity contribution < 1.29 is 14.7 Å². The highest BCUT2D eigenvalue weighted by atomic mass is 32.2. The van der Waals surface area contributed by atoms with E-state index in [-0.39, 0.29) is 5.69 Å². The Hall–Kier alpha value is -1.56. The third kappa shape index (κ3) is 2.48. The van der Waals surface area contributed by atoms with Gasteiger partial charge in [-0.2, -0.15) is 11.8 Å². The average molecular weight is 266 g/mol. The molecule has 1 fully saturated rings. The van der Waals surface area contributed by atoms with Crippen LogP contribution in [-0.2, 0) is 4.79 Å². The molecule has 1 aliphatic rings. The van der Waals surface area contributed by atoms with Gasteiger partial charge in [0.1, 0.15) is 11.2 Å². The number of nitrogens with zero attached hydrogens (tertiary/aromatic N) is 1. The molecule has 0 saturated carbocycles. The fraction of sp³-hybridized carbons (Fsp3) is 0.417. The predicted octanol–water partition coefficient (Wildman–Crippen LogP) is 1.08. The summed E-state index contributed by atoms with van der Waals surface area (Å²) in [5.41, 5.74) is -0.159. The van der Waals surface area contributed by atoms with E-state index in [0.717, 1.165) is 11.4 Å². The quantitative estimate of drug-likeness (QED) is 0.856. The monoisotopic (exact) mass is 266 g/mol. The van der Waals surface area contributed by atoms with E-state index in [0.29, 0.717) is 12.2 Å². The van der Waals surface area contributed by atoms with Crippen molar-refractivity contribution in [2.75, 3.05) is 11.5 Å². The molecule has 2 N–H and O–H groups in total. The molecule has 1 aliphatic heterocycles. The van der Waals surface area contributed by atoms with Gasteiger partial charge in [-0.05, 0) is 31.2 Å². The number of carbonyl (C=O) groups excluding carboxylic acids is 1. The van der Waals surface area contributed by atoms with Crippen LogP contribution in [0.2, 0.25) is 0 Å². The van der Waals surface area contributed by atoms with Crippen LogP contribution < -0.4 is 5.32 Å². The van der Waals surface area contributed by atoms with E-state index >= 15 is 0 Å². The van der Waals surface area contributed by atoms with Crippen LogP contribution in [-0.4, -0.2) is 39.0 Å². The molecule has 1 saturated heterocycles. The highest BCUT2D eigenvalue weighted by Crippen LogP contribution is 2.28. The maximum atomic E-state index is 12.0. The maximum Gasteiger partial charge on any atom is 0.330 e. The number of aromatic nitrogens is 1. The van der Waals surface area contributed by atoms with Crippen LogP contribution >= 0.6 is 11.8 Å². The Morgan fingerprint density at radius 2 is 2.28 bits per heavy atom. The molecule has 96 valence electrons. The van der Waals surface area contributed by atoms with Gasteiger partial charge in [-0.15, -0.1) is 0 Å². The highest BCUT2D eigenvalue weighted by molar-refractivity contribution is 7.99. The molecule has 1 aromatic heterocycles. The first kappa shape index (κ1) is 12.9. The van der Waals surface area contributed by atoms with Crippen molar-refractivity contribution >= 4 is 23.6 Å². The molecule has 5 nitrogen and oxygen atoms in total. The van der Waals surface area contributed by atoms with E-state index in [1.165, 1.54) is 11.8 Å². The van der Waals surface area contributed by atoms with Crippen LogP contribution in [0.1, 0.15) is 22.6 Å². The Kier molecular flexibility index (Phi) is 3.56. The minimum absolute atomic E-state index is 0.257. The summed E-state index contributed by atoms with van der Waals surface area (Å²) < 4.78 is 0. The van der Waals surface area contributed by atoms with Gasteiger partial charge < -0.3 is 10.4 Å². The summed E-state index contributed by atoms with van der Waals surface area (Å²) in [7, 11) is 0. The molecule has 1 aromatic rings. The topological polar surface area (TPSA) is 79.3 Å². The number of pyridine rings is 1. The second kappa shape index (κ2) is 4.97. The lowest BCUT2D eigenvalue weighted by Crippen LogP contribution is -2.54. The number of aryl methyl sites for hydroxylation is 1. The van der Waals surface area contributed by atoms with Crippen molar-refractivity contribution in [3.63, 3.8) is 0 Å². The number of nitrogens with one attached hydrogen (secondary N) is 1. The maximum absolute atomic E-state index is 12.0. The van der Waals surface area contributed by atoms with Crippen LogP contribution in [0.5, 0.6) is 0 Å². The summed E-state index contributed by atoms with van der Waals surface area (Å²) in [6.07, 6.45) is 0.449. The lowest BCUT2D eigenvalue weighted by molar-refractivity contribution is -0.143. The molecule has 6 heteroatoms. The van der Waals surface area contributed by atoms with Gasteiger partial charge in [0.15, 0.2) is 0 Å². The Balaban J connectivity index is 2.18. The third-order valence-corrected chi connectivity index (χ3v) is 4.09. The fourth-order valence-corrected chi connectivity index (χ4v) is 3.16. The van der Waals surface area contributed by atoms with Gasteiger partial charge in [0.25, 0.3) is 5.91 Å². The molecule has 0 radical (unpaired) electrons. The van der Waals surface area contributed by atoms with E-state index in [2.05, 4.69) is 10.3 Å². The second-order valence-electron chi connectivity index (χ2n) is 4.31. The SMILES string of the molecule is Cc1cccc(C(=O)N[C@@]2(C(=O)O)CCSC2)n1. The fourth-order valence-electron chi connectivity index (χ4n) is 1.84. The van der Waals surface area contributed by atoms with Crippen LogP contribution in [0.3, 0.4) is 0 Å². The number of hydrogen-bond donors (Lipinski definition) is 2. The summed E-state index contributed by atoms with van der Waals surface area (Å²) in [4.78, 5) is 27.4.